The van der Waals surface area contributed by atoms with Gasteiger partial charge in [-0.1, -0.05) is 35.3 Å². The molecule has 0 spiro atoms. The Bertz CT molecular complexity index is 913. The van der Waals surface area contributed by atoms with E-state index < -0.39 is 0 Å². The molecule has 5 nitrogen and oxygen atoms in total. The molecule has 2 N–H and O–H groups in total. The number of amides is 1. The maximum Gasteiger partial charge on any atom is 0.258 e. The number of aryl methyl sites for hydroxylation is 1. The molecule has 2 aromatic carbocycles. The van der Waals surface area contributed by atoms with Crippen LogP contribution >= 0.6 is 23.2 Å². The fraction of sp³-hybridized carbons (Fsp3) is 0.0556. The minimum Gasteiger partial charge on any atom is -0.323 e. The third-order valence-electron chi connectivity index (χ3n) is 3.47. The molecule has 0 bridgehead atoms. The zero-order valence-corrected chi connectivity index (χ0v) is 14.8. The summed E-state index contributed by atoms with van der Waals surface area (Å²) in [4.78, 5) is 20.6. The van der Waals surface area contributed by atoms with Crippen molar-refractivity contribution >= 4 is 46.4 Å². The molecule has 1 amide bonds. The van der Waals surface area contributed by atoms with Gasteiger partial charge in [0.25, 0.3) is 5.91 Å². The highest BCUT2D eigenvalue weighted by molar-refractivity contribution is 6.33. The number of anilines is 3. The number of rotatable bonds is 4. The minimum absolute atomic E-state index is 0.297. The molecule has 25 heavy (non-hydrogen) atoms. The molecule has 0 aliphatic carbocycles. The van der Waals surface area contributed by atoms with E-state index in [4.69, 9.17) is 23.2 Å². The average Bonchev–Trinajstić information content (AvgIpc) is 2.60. The Morgan fingerprint density at radius 1 is 1.00 bits per heavy atom. The number of hydrogen-bond donors (Lipinski definition) is 2. The van der Waals surface area contributed by atoms with Gasteiger partial charge in [-0.25, -0.2) is 9.97 Å². The normalized spacial score (nSPS) is 10.4. The SMILES string of the molecule is Cc1cc(Cl)ccc1NC(=O)c1cnc(Nc2ccccc2Cl)nc1. The van der Waals surface area contributed by atoms with Gasteiger partial charge in [-0.05, 0) is 42.8 Å². The van der Waals surface area contributed by atoms with Crippen LogP contribution in [0.2, 0.25) is 10.0 Å². The fourth-order valence-electron chi connectivity index (χ4n) is 2.15. The Hall–Kier alpha value is -2.63. The molecule has 0 atom stereocenters. The first kappa shape index (κ1) is 17.2. The van der Waals surface area contributed by atoms with E-state index in [-0.39, 0.29) is 5.91 Å². The monoisotopic (exact) mass is 372 g/mol. The summed E-state index contributed by atoms with van der Waals surface area (Å²) < 4.78 is 0. The predicted molar refractivity (Wildman–Crippen MR) is 101 cm³/mol. The molecule has 3 rings (SSSR count). The van der Waals surface area contributed by atoms with Crippen molar-refractivity contribution in [3.05, 3.63) is 76.0 Å². The quantitative estimate of drug-likeness (QED) is 0.669. The Balaban J connectivity index is 1.71. The lowest BCUT2D eigenvalue weighted by Gasteiger charge is -2.09. The van der Waals surface area contributed by atoms with Crippen LogP contribution in [0.15, 0.2) is 54.9 Å². The Morgan fingerprint density at radius 2 is 1.72 bits per heavy atom. The summed E-state index contributed by atoms with van der Waals surface area (Å²) in [5.74, 6) is 0.0574. The molecule has 0 saturated carbocycles. The van der Waals surface area contributed by atoms with Crippen LogP contribution in [0.25, 0.3) is 0 Å². The second-order valence-electron chi connectivity index (χ2n) is 5.31. The largest absolute Gasteiger partial charge is 0.323 e. The lowest BCUT2D eigenvalue weighted by molar-refractivity contribution is 0.102. The van der Waals surface area contributed by atoms with Crippen LogP contribution < -0.4 is 10.6 Å². The first-order valence-electron chi connectivity index (χ1n) is 7.44. The number of halogens is 2. The number of hydrogen-bond acceptors (Lipinski definition) is 4. The van der Waals surface area contributed by atoms with Gasteiger partial charge in [-0.2, -0.15) is 0 Å². The maximum absolute atomic E-state index is 12.3. The molecule has 0 aliphatic rings. The van der Waals surface area contributed by atoms with Crippen molar-refractivity contribution in [2.24, 2.45) is 0 Å². The summed E-state index contributed by atoms with van der Waals surface area (Å²) in [7, 11) is 0. The average molecular weight is 373 g/mol. The zero-order valence-electron chi connectivity index (χ0n) is 13.3. The summed E-state index contributed by atoms with van der Waals surface area (Å²) in [5.41, 5.74) is 2.60. The van der Waals surface area contributed by atoms with Crippen LogP contribution in [0.3, 0.4) is 0 Å². The molecule has 7 heteroatoms. The van der Waals surface area contributed by atoms with Crippen LogP contribution in [0, 0.1) is 6.92 Å². The predicted octanol–water partition coefficient (Wildman–Crippen LogP) is 5.09. The summed E-state index contributed by atoms with van der Waals surface area (Å²) in [6.07, 6.45) is 2.90. The number of nitrogens with zero attached hydrogens (tertiary/aromatic N) is 2. The van der Waals surface area contributed by atoms with E-state index >= 15 is 0 Å². The van der Waals surface area contributed by atoms with Crippen LogP contribution in [0.5, 0.6) is 0 Å². The van der Waals surface area contributed by atoms with Gasteiger partial charge in [0.1, 0.15) is 0 Å². The molecule has 1 aromatic heterocycles. The zero-order chi connectivity index (χ0) is 17.8. The lowest BCUT2D eigenvalue weighted by Crippen LogP contribution is -2.13. The van der Waals surface area contributed by atoms with Crippen molar-refractivity contribution in [2.45, 2.75) is 6.92 Å². The van der Waals surface area contributed by atoms with Crippen molar-refractivity contribution in [3.8, 4) is 0 Å². The van der Waals surface area contributed by atoms with E-state index in [9.17, 15) is 4.79 Å². The molecule has 0 fully saturated rings. The summed E-state index contributed by atoms with van der Waals surface area (Å²) >= 11 is 12.0. The number of benzene rings is 2. The summed E-state index contributed by atoms with van der Waals surface area (Å²) in [5, 5.41) is 7.00. The van der Waals surface area contributed by atoms with Gasteiger partial charge in [0.05, 0.1) is 16.3 Å². The highest BCUT2D eigenvalue weighted by Gasteiger charge is 2.10. The van der Waals surface area contributed by atoms with E-state index in [1.807, 2.05) is 25.1 Å². The Morgan fingerprint density at radius 3 is 2.40 bits per heavy atom. The first-order chi connectivity index (χ1) is 12.0. The van der Waals surface area contributed by atoms with E-state index in [0.29, 0.717) is 32.9 Å². The van der Waals surface area contributed by atoms with E-state index in [1.165, 1.54) is 12.4 Å². The summed E-state index contributed by atoms with van der Waals surface area (Å²) in [6, 6.07) is 12.5. The fourth-order valence-corrected chi connectivity index (χ4v) is 2.56. The van der Waals surface area contributed by atoms with E-state index in [0.717, 1.165) is 5.56 Å². The lowest BCUT2D eigenvalue weighted by atomic mass is 10.2. The Kier molecular flexibility index (Phi) is 5.16. The number of carbonyl (C=O) groups is 1. The highest BCUT2D eigenvalue weighted by atomic mass is 35.5. The maximum atomic E-state index is 12.3. The molecular formula is C18H14Cl2N4O. The van der Waals surface area contributed by atoms with Crippen molar-refractivity contribution < 1.29 is 4.79 Å². The van der Waals surface area contributed by atoms with E-state index in [2.05, 4.69) is 20.6 Å². The molecule has 3 aromatic rings. The second-order valence-corrected chi connectivity index (χ2v) is 6.16. The van der Waals surface area contributed by atoms with Gasteiger partial charge in [-0.3, -0.25) is 4.79 Å². The molecule has 126 valence electrons. The van der Waals surface area contributed by atoms with Crippen LogP contribution in [0.1, 0.15) is 15.9 Å². The van der Waals surface area contributed by atoms with Crippen LogP contribution in [-0.4, -0.2) is 15.9 Å². The van der Waals surface area contributed by atoms with Crippen LogP contribution in [-0.2, 0) is 0 Å². The van der Waals surface area contributed by atoms with Crippen molar-refractivity contribution in [3.63, 3.8) is 0 Å². The van der Waals surface area contributed by atoms with E-state index in [1.54, 1.807) is 24.3 Å². The molecule has 1 heterocycles. The second kappa shape index (κ2) is 7.51. The molecule has 0 aliphatic heterocycles. The third kappa shape index (κ3) is 4.26. The van der Waals surface area contributed by atoms with Crippen molar-refractivity contribution in [1.29, 1.82) is 0 Å². The van der Waals surface area contributed by atoms with Gasteiger partial charge < -0.3 is 10.6 Å². The van der Waals surface area contributed by atoms with Crippen LogP contribution in [0.4, 0.5) is 17.3 Å². The highest BCUT2D eigenvalue weighted by Crippen LogP contribution is 2.23. The van der Waals surface area contributed by atoms with Crippen molar-refractivity contribution in [1.82, 2.24) is 9.97 Å². The van der Waals surface area contributed by atoms with Gasteiger partial charge in [0.2, 0.25) is 5.95 Å². The summed E-state index contributed by atoms with van der Waals surface area (Å²) in [6.45, 7) is 1.87. The molecule has 0 saturated heterocycles. The molecule has 0 unspecified atom stereocenters. The molecular weight excluding hydrogens is 359 g/mol. The van der Waals surface area contributed by atoms with Gasteiger partial charge in [-0.15, -0.1) is 0 Å². The third-order valence-corrected chi connectivity index (χ3v) is 4.04. The first-order valence-corrected chi connectivity index (χ1v) is 8.19. The standard InChI is InChI=1S/C18H14Cl2N4O/c1-11-8-13(19)6-7-15(11)23-17(25)12-9-21-18(22-10-12)24-16-5-3-2-4-14(16)20/h2-10H,1H3,(H,23,25)(H,21,22,24). The van der Waals surface area contributed by atoms with Gasteiger partial charge in [0.15, 0.2) is 0 Å². The van der Waals surface area contributed by atoms with Gasteiger partial charge >= 0.3 is 0 Å². The number of nitrogens with one attached hydrogen (secondary N) is 2. The van der Waals surface area contributed by atoms with Gasteiger partial charge in [0, 0.05) is 23.1 Å². The number of carbonyl (C=O) groups excluding carboxylic acids is 1. The van der Waals surface area contributed by atoms with Crippen molar-refractivity contribution in [2.75, 3.05) is 10.6 Å². The smallest absolute Gasteiger partial charge is 0.258 e. The number of para-hydroxylation sites is 1. The Labute approximate surface area is 155 Å². The number of aromatic nitrogens is 2. The molecule has 0 radical (unpaired) electrons. The minimum atomic E-state index is -0.297. The topological polar surface area (TPSA) is 66.9 Å².